The Hall–Kier alpha value is -1.76. The molecule has 18 heavy (non-hydrogen) atoms. The average molecular weight is 313 g/mol. The molecule has 0 bridgehead atoms. The van der Waals surface area contributed by atoms with Crippen molar-refractivity contribution in [1.29, 1.82) is 0 Å². The highest BCUT2D eigenvalue weighted by Crippen LogP contribution is 2.21. The molecule has 5 nitrogen and oxygen atoms in total. The number of carbonyl (C=O) groups is 1. The standard InChI is InChI=1S/C11H10BrFN4O/c1-6(7-2-8(13)4-14-3-7)11(18)16-9-5-15-17-10(9)12/h2-6H,1H3,(H,15,17)(H,16,18). The number of anilines is 1. The van der Waals surface area contributed by atoms with Crippen LogP contribution in [0.4, 0.5) is 10.1 Å². The number of hydrogen-bond donors (Lipinski definition) is 2. The van der Waals surface area contributed by atoms with Gasteiger partial charge >= 0.3 is 0 Å². The average Bonchev–Trinajstić information content (AvgIpc) is 2.74. The van der Waals surface area contributed by atoms with E-state index in [4.69, 9.17) is 0 Å². The molecule has 2 rings (SSSR count). The van der Waals surface area contributed by atoms with E-state index in [0.717, 1.165) is 6.20 Å². The van der Waals surface area contributed by atoms with E-state index in [0.29, 0.717) is 15.9 Å². The number of amides is 1. The molecule has 1 unspecified atom stereocenters. The minimum Gasteiger partial charge on any atom is -0.322 e. The lowest BCUT2D eigenvalue weighted by atomic mass is 10.0. The molecule has 1 atom stereocenters. The van der Waals surface area contributed by atoms with E-state index in [9.17, 15) is 9.18 Å². The van der Waals surface area contributed by atoms with Crippen LogP contribution in [0.15, 0.2) is 29.3 Å². The van der Waals surface area contributed by atoms with Crippen molar-refractivity contribution in [3.05, 3.63) is 40.6 Å². The van der Waals surface area contributed by atoms with Crippen molar-refractivity contribution in [2.24, 2.45) is 0 Å². The summed E-state index contributed by atoms with van der Waals surface area (Å²) in [5.41, 5.74) is 1.06. The second-order valence-electron chi connectivity index (χ2n) is 3.75. The van der Waals surface area contributed by atoms with Gasteiger partial charge in [-0.1, -0.05) is 0 Å². The number of aromatic nitrogens is 3. The molecule has 2 aromatic rings. The Morgan fingerprint density at radius 3 is 2.89 bits per heavy atom. The summed E-state index contributed by atoms with van der Waals surface area (Å²) in [6.45, 7) is 1.68. The molecule has 2 heterocycles. The minimum absolute atomic E-state index is 0.260. The Morgan fingerprint density at radius 1 is 1.50 bits per heavy atom. The van der Waals surface area contributed by atoms with Crippen molar-refractivity contribution in [3.63, 3.8) is 0 Å². The van der Waals surface area contributed by atoms with Crippen molar-refractivity contribution in [1.82, 2.24) is 15.2 Å². The Bertz CT molecular complexity index is 572. The molecule has 0 radical (unpaired) electrons. The fourth-order valence-corrected chi connectivity index (χ4v) is 1.72. The van der Waals surface area contributed by atoms with Gasteiger partial charge in [-0.05, 0) is 34.5 Å². The zero-order chi connectivity index (χ0) is 13.1. The highest BCUT2D eigenvalue weighted by atomic mass is 79.9. The Balaban J connectivity index is 2.12. The van der Waals surface area contributed by atoms with Crippen molar-refractivity contribution in [2.75, 3.05) is 5.32 Å². The maximum Gasteiger partial charge on any atom is 0.231 e. The fraction of sp³-hybridized carbons (Fsp3) is 0.182. The third-order valence-electron chi connectivity index (χ3n) is 2.47. The second-order valence-corrected chi connectivity index (χ2v) is 4.54. The summed E-state index contributed by atoms with van der Waals surface area (Å²) in [5, 5.41) is 9.08. The normalized spacial score (nSPS) is 12.2. The summed E-state index contributed by atoms with van der Waals surface area (Å²) in [7, 11) is 0. The molecule has 0 aliphatic rings. The van der Waals surface area contributed by atoms with Crippen LogP contribution >= 0.6 is 15.9 Å². The Kier molecular flexibility index (Phi) is 3.71. The number of halogens is 2. The first kappa shape index (κ1) is 12.7. The molecule has 0 aliphatic heterocycles. The summed E-state index contributed by atoms with van der Waals surface area (Å²) in [6.07, 6.45) is 4.05. The van der Waals surface area contributed by atoms with Crippen LogP contribution < -0.4 is 5.32 Å². The third kappa shape index (κ3) is 2.73. The van der Waals surface area contributed by atoms with E-state index >= 15 is 0 Å². The van der Waals surface area contributed by atoms with Gasteiger partial charge in [-0.25, -0.2) is 4.39 Å². The number of hydrogen-bond acceptors (Lipinski definition) is 3. The van der Waals surface area contributed by atoms with Crippen LogP contribution in [0.5, 0.6) is 0 Å². The van der Waals surface area contributed by atoms with Crippen molar-refractivity contribution in [2.45, 2.75) is 12.8 Å². The van der Waals surface area contributed by atoms with Crippen molar-refractivity contribution >= 4 is 27.5 Å². The van der Waals surface area contributed by atoms with Crippen molar-refractivity contribution in [3.8, 4) is 0 Å². The molecule has 0 spiro atoms. The van der Waals surface area contributed by atoms with E-state index in [1.165, 1.54) is 18.5 Å². The molecule has 0 saturated carbocycles. The summed E-state index contributed by atoms with van der Waals surface area (Å²) in [5.74, 6) is -1.23. The van der Waals surface area contributed by atoms with Crippen LogP contribution in [0.2, 0.25) is 0 Å². The number of nitrogens with one attached hydrogen (secondary N) is 2. The number of aromatic amines is 1. The third-order valence-corrected chi connectivity index (χ3v) is 3.07. The number of nitrogens with zero attached hydrogens (tertiary/aromatic N) is 2. The quantitative estimate of drug-likeness (QED) is 0.914. The lowest BCUT2D eigenvalue weighted by molar-refractivity contribution is -0.117. The van der Waals surface area contributed by atoms with Crippen LogP contribution in [0.1, 0.15) is 18.4 Å². The topological polar surface area (TPSA) is 70.7 Å². The monoisotopic (exact) mass is 312 g/mol. The van der Waals surface area contributed by atoms with Crippen LogP contribution in [0.3, 0.4) is 0 Å². The van der Waals surface area contributed by atoms with Gasteiger partial charge in [0.15, 0.2) is 0 Å². The summed E-state index contributed by atoms with van der Waals surface area (Å²) in [6, 6.07) is 1.29. The zero-order valence-corrected chi connectivity index (χ0v) is 11.0. The molecular formula is C11H10BrFN4O. The molecule has 0 aliphatic carbocycles. The first-order valence-corrected chi connectivity index (χ1v) is 5.97. The number of rotatable bonds is 3. The highest BCUT2D eigenvalue weighted by Gasteiger charge is 2.17. The molecule has 2 aromatic heterocycles. The first-order chi connectivity index (χ1) is 8.58. The molecule has 94 valence electrons. The first-order valence-electron chi connectivity index (χ1n) is 5.18. The number of H-pyrrole nitrogens is 1. The van der Waals surface area contributed by atoms with E-state index in [2.05, 4.69) is 36.4 Å². The summed E-state index contributed by atoms with van der Waals surface area (Å²) in [4.78, 5) is 15.7. The Morgan fingerprint density at radius 2 is 2.28 bits per heavy atom. The van der Waals surface area contributed by atoms with E-state index in [-0.39, 0.29) is 5.91 Å². The highest BCUT2D eigenvalue weighted by molar-refractivity contribution is 9.10. The maximum absolute atomic E-state index is 13.0. The zero-order valence-electron chi connectivity index (χ0n) is 9.45. The Labute approximate surface area is 111 Å². The summed E-state index contributed by atoms with van der Waals surface area (Å²) < 4.78 is 13.6. The second kappa shape index (κ2) is 5.26. The molecule has 0 fully saturated rings. The van der Waals surface area contributed by atoms with Crippen LogP contribution in [0, 0.1) is 5.82 Å². The van der Waals surface area contributed by atoms with Gasteiger partial charge in [0.1, 0.15) is 10.4 Å². The largest absolute Gasteiger partial charge is 0.322 e. The lowest BCUT2D eigenvalue weighted by Gasteiger charge is -2.11. The van der Waals surface area contributed by atoms with Crippen LogP contribution in [0.25, 0.3) is 0 Å². The number of carbonyl (C=O) groups excluding carboxylic acids is 1. The van der Waals surface area contributed by atoms with Gasteiger partial charge in [0.2, 0.25) is 5.91 Å². The smallest absolute Gasteiger partial charge is 0.231 e. The van der Waals surface area contributed by atoms with Gasteiger partial charge in [0.05, 0.1) is 24.0 Å². The minimum atomic E-state index is -0.505. The van der Waals surface area contributed by atoms with Gasteiger partial charge in [0.25, 0.3) is 0 Å². The SMILES string of the molecule is CC(C(=O)Nc1cn[nH]c1Br)c1cncc(F)c1. The van der Waals surface area contributed by atoms with Crippen LogP contribution in [-0.4, -0.2) is 21.1 Å². The van der Waals surface area contributed by atoms with Crippen LogP contribution in [-0.2, 0) is 4.79 Å². The molecule has 7 heteroatoms. The van der Waals surface area contributed by atoms with E-state index < -0.39 is 11.7 Å². The summed E-state index contributed by atoms with van der Waals surface area (Å²) >= 11 is 3.21. The van der Waals surface area contributed by atoms with Gasteiger partial charge < -0.3 is 5.32 Å². The van der Waals surface area contributed by atoms with E-state index in [1.54, 1.807) is 6.92 Å². The molecule has 1 amide bonds. The van der Waals surface area contributed by atoms with Gasteiger partial charge in [-0.15, -0.1) is 0 Å². The molecular weight excluding hydrogens is 303 g/mol. The van der Waals surface area contributed by atoms with Gasteiger partial charge in [-0.2, -0.15) is 5.10 Å². The molecule has 0 saturated heterocycles. The predicted molar refractivity (Wildman–Crippen MR) is 67.5 cm³/mol. The predicted octanol–water partition coefficient (Wildman–Crippen LogP) is 2.45. The maximum atomic E-state index is 13.0. The molecule has 2 N–H and O–H groups in total. The van der Waals surface area contributed by atoms with Gasteiger partial charge in [-0.3, -0.25) is 14.9 Å². The van der Waals surface area contributed by atoms with Crippen molar-refractivity contribution < 1.29 is 9.18 Å². The molecule has 0 aromatic carbocycles. The fourth-order valence-electron chi connectivity index (χ4n) is 1.41. The van der Waals surface area contributed by atoms with E-state index in [1.807, 2.05) is 0 Å². The number of pyridine rings is 1. The lowest BCUT2D eigenvalue weighted by Crippen LogP contribution is -2.19. The van der Waals surface area contributed by atoms with Gasteiger partial charge in [0, 0.05) is 6.20 Å².